The Morgan fingerprint density at radius 2 is 1.34 bits per heavy atom. The van der Waals surface area contributed by atoms with Gasteiger partial charge in [-0.15, -0.1) is 0 Å². The molecular formula is C33H44F3N3O7S. The molecule has 260 valence electrons. The number of ether oxygens (including phenoxy) is 2. The van der Waals surface area contributed by atoms with Crippen molar-refractivity contribution in [3.8, 4) is 0 Å². The highest BCUT2D eigenvalue weighted by molar-refractivity contribution is 7.87. The number of nitrogens with zero attached hydrogens (tertiary/aromatic N) is 3. The lowest BCUT2D eigenvalue weighted by molar-refractivity contribution is -0.0546. The molecule has 2 atom stereocenters. The minimum Gasteiger partial charge on any atom is -0.443 e. The monoisotopic (exact) mass is 683 g/mol. The van der Waals surface area contributed by atoms with Crippen LogP contribution >= 0.6 is 0 Å². The van der Waals surface area contributed by atoms with Gasteiger partial charge in [0.25, 0.3) is 0 Å². The molecule has 3 heterocycles. The van der Waals surface area contributed by atoms with E-state index in [1.807, 2.05) is 33.8 Å². The molecule has 2 aliphatic heterocycles. The molecule has 2 aliphatic rings. The summed E-state index contributed by atoms with van der Waals surface area (Å²) in [5.41, 5.74) is -3.12. The average Bonchev–Trinajstić information content (AvgIpc) is 2.91. The average molecular weight is 684 g/mol. The van der Waals surface area contributed by atoms with Gasteiger partial charge in [0, 0.05) is 29.7 Å². The summed E-state index contributed by atoms with van der Waals surface area (Å²) in [6.45, 7) is 17.0. The van der Waals surface area contributed by atoms with Gasteiger partial charge in [-0.1, -0.05) is 38.1 Å². The lowest BCUT2D eigenvalue weighted by atomic mass is 9.98. The molecule has 4 rings (SSSR count). The summed E-state index contributed by atoms with van der Waals surface area (Å²) < 4.78 is 74.1. The van der Waals surface area contributed by atoms with Crippen molar-refractivity contribution < 1.29 is 44.8 Å². The molecule has 0 aliphatic carbocycles. The molecule has 2 amide bonds. The van der Waals surface area contributed by atoms with Gasteiger partial charge in [0.05, 0.1) is 11.2 Å². The fourth-order valence-corrected chi connectivity index (χ4v) is 5.14. The van der Waals surface area contributed by atoms with Gasteiger partial charge < -0.3 is 13.7 Å². The van der Waals surface area contributed by atoms with Gasteiger partial charge >= 0.3 is 27.8 Å². The lowest BCUT2D eigenvalue weighted by Crippen LogP contribution is -2.42. The number of carbonyl (C=O) groups excluding carboxylic acids is 2. The summed E-state index contributed by atoms with van der Waals surface area (Å²) in [6, 6.07) is 10.3. The van der Waals surface area contributed by atoms with Gasteiger partial charge in [0.2, 0.25) is 5.88 Å². The topological polar surface area (TPSA) is 115 Å². The second-order valence-corrected chi connectivity index (χ2v) is 15.4. The first-order chi connectivity index (χ1) is 21.5. The predicted molar refractivity (Wildman–Crippen MR) is 172 cm³/mol. The van der Waals surface area contributed by atoms with Crippen molar-refractivity contribution in [2.75, 3.05) is 13.1 Å². The summed E-state index contributed by atoms with van der Waals surface area (Å²) in [5.74, 6) is -0.352. The number of benzene rings is 1. The maximum atomic E-state index is 12.7. The van der Waals surface area contributed by atoms with E-state index in [9.17, 15) is 31.2 Å². The summed E-state index contributed by atoms with van der Waals surface area (Å²) in [4.78, 5) is 31.8. The number of allylic oxidation sites excluding steroid dienone is 2. The number of halogens is 3. The van der Waals surface area contributed by atoms with Crippen LogP contribution in [0.25, 0.3) is 16.6 Å². The van der Waals surface area contributed by atoms with E-state index in [4.69, 9.17) is 9.47 Å². The molecule has 1 aromatic heterocycles. The number of hydrogen-bond donors (Lipinski definition) is 0. The highest BCUT2D eigenvalue weighted by Gasteiger charge is 2.50. The van der Waals surface area contributed by atoms with Gasteiger partial charge in [-0.2, -0.15) is 21.6 Å². The van der Waals surface area contributed by atoms with Crippen LogP contribution in [-0.4, -0.2) is 65.2 Å². The number of hydrogen-bond acceptors (Lipinski definition) is 8. The van der Waals surface area contributed by atoms with Crippen LogP contribution in [0.5, 0.6) is 0 Å². The Balaban J connectivity index is 0.000000258. The van der Waals surface area contributed by atoms with Crippen LogP contribution in [0.3, 0.4) is 0 Å². The van der Waals surface area contributed by atoms with Crippen LogP contribution in [0.1, 0.15) is 79.5 Å². The molecular weight excluding hydrogens is 639 g/mol. The van der Waals surface area contributed by atoms with Crippen molar-refractivity contribution in [2.45, 2.75) is 91.9 Å². The Bertz CT molecular complexity index is 1640. The molecule has 0 bridgehead atoms. The van der Waals surface area contributed by atoms with Crippen molar-refractivity contribution in [2.24, 2.45) is 11.8 Å². The smallest absolute Gasteiger partial charge is 0.443 e. The summed E-state index contributed by atoms with van der Waals surface area (Å²) in [6.07, 6.45) is 3.23. The van der Waals surface area contributed by atoms with Gasteiger partial charge in [0.1, 0.15) is 11.2 Å². The van der Waals surface area contributed by atoms with E-state index in [0.717, 1.165) is 45.3 Å². The fraction of sp³-hybridized carbons (Fsp3) is 0.545. The van der Waals surface area contributed by atoms with Gasteiger partial charge in [-0.25, -0.2) is 14.5 Å². The minimum absolute atomic E-state index is 0.00583. The summed E-state index contributed by atoms with van der Waals surface area (Å²) in [7, 11) is -5.84. The Kier molecular flexibility index (Phi) is 11.3. The molecule has 10 nitrogen and oxygen atoms in total. The third-order valence-electron chi connectivity index (χ3n) is 6.79. The molecule has 0 fully saturated rings. The standard InChI is InChI=1S/C21H26N2O2.C12H18F3NO5S/c1-14-6-11-19(23(13-14)20(24)25-21(3,4)5)17-10-9-16-8-7-15(2)22-18(16)12-17;1-8-5-6-9(21-22(18,19)12(13,14)15)16(7-8)10(17)20-11(2,3)4/h7-12,14H,6,13H2,1-5H3;6,8H,5,7H2,1-4H3/t14-;8-/m00/s1. The quantitative estimate of drug-likeness (QED) is 0.235. The van der Waals surface area contributed by atoms with Crippen molar-refractivity contribution in [1.82, 2.24) is 14.8 Å². The number of fused-ring (bicyclic) bond motifs is 1. The van der Waals surface area contributed by atoms with Crippen molar-refractivity contribution >= 4 is 38.9 Å². The van der Waals surface area contributed by atoms with Gasteiger partial charge in [-0.05, 0) is 91.4 Å². The Hall–Kier alpha value is -3.81. The molecule has 47 heavy (non-hydrogen) atoms. The maximum Gasteiger partial charge on any atom is 0.534 e. The molecule has 2 aromatic rings. The van der Waals surface area contributed by atoms with Crippen molar-refractivity contribution in [3.63, 3.8) is 0 Å². The van der Waals surface area contributed by atoms with Crippen molar-refractivity contribution in [3.05, 3.63) is 59.6 Å². The van der Waals surface area contributed by atoms with E-state index in [0.29, 0.717) is 12.5 Å². The zero-order chi connectivity index (χ0) is 35.5. The first kappa shape index (κ1) is 37.6. The van der Waals surface area contributed by atoms with Crippen LogP contribution in [0.15, 0.2) is 48.4 Å². The molecule has 0 N–H and O–H groups in total. The second kappa shape index (κ2) is 14.1. The number of amides is 2. The Morgan fingerprint density at radius 3 is 1.89 bits per heavy atom. The Labute approximate surface area is 274 Å². The molecule has 0 unspecified atom stereocenters. The predicted octanol–water partition coefficient (Wildman–Crippen LogP) is 8.13. The summed E-state index contributed by atoms with van der Waals surface area (Å²) in [5, 5.41) is 1.10. The van der Waals surface area contributed by atoms with E-state index in [-0.39, 0.29) is 25.0 Å². The van der Waals surface area contributed by atoms with Gasteiger partial charge in [-0.3, -0.25) is 9.88 Å². The van der Waals surface area contributed by atoms with E-state index >= 15 is 0 Å². The van der Waals surface area contributed by atoms with Crippen LogP contribution in [-0.2, 0) is 23.8 Å². The molecule has 0 saturated heterocycles. The van der Waals surface area contributed by atoms with Crippen molar-refractivity contribution in [1.29, 1.82) is 0 Å². The number of aryl methyl sites for hydroxylation is 1. The van der Waals surface area contributed by atoms with E-state index in [1.165, 1.54) is 0 Å². The lowest BCUT2D eigenvalue weighted by Gasteiger charge is -2.34. The molecule has 14 heteroatoms. The van der Waals surface area contributed by atoms with E-state index in [2.05, 4.69) is 46.4 Å². The molecule has 0 saturated carbocycles. The van der Waals surface area contributed by atoms with Crippen LogP contribution in [0, 0.1) is 18.8 Å². The largest absolute Gasteiger partial charge is 0.534 e. The maximum absolute atomic E-state index is 12.7. The van der Waals surface area contributed by atoms with Crippen LogP contribution in [0.2, 0.25) is 0 Å². The third kappa shape index (κ3) is 10.6. The number of rotatable bonds is 3. The first-order valence-electron chi connectivity index (χ1n) is 15.3. The normalized spacial score (nSPS) is 19.2. The molecule has 1 aromatic carbocycles. The zero-order valence-electron chi connectivity index (χ0n) is 28.3. The Morgan fingerprint density at radius 1 is 0.830 bits per heavy atom. The highest BCUT2D eigenvalue weighted by atomic mass is 32.2. The second-order valence-electron chi connectivity index (χ2n) is 13.8. The van der Waals surface area contributed by atoms with E-state index in [1.54, 1.807) is 32.6 Å². The van der Waals surface area contributed by atoms with Crippen LogP contribution in [0.4, 0.5) is 22.8 Å². The van der Waals surface area contributed by atoms with Crippen LogP contribution < -0.4 is 0 Å². The van der Waals surface area contributed by atoms with Gasteiger partial charge in [0.15, 0.2) is 0 Å². The SMILES string of the molecule is C[C@H]1CC=C(OS(=O)(=O)C(F)(F)F)N(C(=O)OC(C)(C)C)C1.Cc1ccc2ccc(C3=CC[C@H](C)CN3C(=O)OC(C)(C)C)cc2n1. The molecule has 0 radical (unpaired) electrons. The highest BCUT2D eigenvalue weighted by Crippen LogP contribution is 2.32. The number of alkyl halides is 3. The molecule has 0 spiro atoms. The third-order valence-corrected chi connectivity index (χ3v) is 7.74. The van der Waals surface area contributed by atoms with E-state index < -0.39 is 38.8 Å². The number of aromatic nitrogens is 1. The minimum atomic E-state index is -5.84. The first-order valence-corrected chi connectivity index (χ1v) is 16.7. The zero-order valence-corrected chi connectivity index (χ0v) is 29.1. The summed E-state index contributed by atoms with van der Waals surface area (Å²) >= 11 is 0. The number of carbonyl (C=O) groups is 2. The fourth-order valence-electron chi connectivity index (χ4n) is 4.66. The number of pyridine rings is 1.